The minimum atomic E-state index is 0.00978. The Balaban J connectivity index is 1.49. The van der Waals surface area contributed by atoms with Crippen LogP contribution in [0.2, 0.25) is 5.02 Å². The molecule has 0 unspecified atom stereocenters. The third-order valence-electron chi connectivity index (χ3n) is 5.09. The molecule has 29 heavy (non-hydrogen) atoms. The lowest BCUT2D eigenvalue weighted by Gasteiger charge is -2.20. The van der Waals surface area contributed by atoms with E-state index in [-0.39, 0.29) is 6.03 Å². The lowest BCUT2D eigenvalue weighted by atomic mass is 10.1. The summed E-state index contributed by atoms with van der Waals surface area (Å²) in [5.74, 6) is 0.744. The molecule has 1 fully saturated rings. The van der Waals surface area contributed by atoms with E-state index in [4.69, 9.17) is 16.3 Å². The molecule has 2 amide bonds. The van der Waals surface area contributed by atoms with Crippen LogP contribution in [0.15, 0.2) is 54.9 Å². The average Bonchev–Trinajstić information content (AvgIpc) is 3.38. The summed E-state index contributed by atoms with van der Waals surface area (Å²) in [4.78, 5) is 16.6. The number of hydrogen-bond donors (Lipinski definition) is 1. The Morgan fingerprint density at radius 1 is 1.21 bits per heavy atom. The first kappa shape index (κ1) is 19.3. The molecule has 1 aliphatic heterocycles. The normalized spacial score (nSPS) is 13.9. The van der Waals surface area contributed by atoms with Crippen molar-refractivity contribution < 1.29 is 9.53 Å². The van der Waals surface area contributed by atoms with Crippen molar-refractivity contribution in [3.8, 4) is 16.9 Å². The second-order valence-corrected chi connectivity index (χ2v) is 7.27. The molecule has 0 aliphatic carbocycles. The molecular formula is C22H23ClN4O2. The zero-order valence-electron chi connectivity index (χ0n) is 16.3. The number of amides is 2. The van der Waals surface area contributed by atoms with E-state index in [1.807, 2.05) is 60.5 Å². The number of H-pyrrole nitrogens is 1. The zero-order valence-corrected chi connectivity index (χ0v) is 17.0. The molecule has 7 heteroatoms. The fraction of sp³-hybridized carbons (Fsp3) is 0.273. The summed E-state index contributed by atoms with van der Waals surface area (Å²) in [7, 11) is 0. The van der Waals surface area contributed by atoms with Gasteiger partial charge >= 0.3 is 6.03 Å². The fourth-order valence-corrected chi connectivity index (χ4v) is 3.81. The summed E-state index contributed by atoms with van der Waals surface area (Å²) < 4.78 is 5.83. The van der Waals surface area contributed by atoms with Crippen molar-refractivity contribution in [1.29, 1.82) is 0 Å². The first-order chi connectivity index (χ1) is 14.2. The number of nitrogens with one attached hydrogen (secondary N) is 1. The number of halogens is 1. The van der Waals surface area contributed by atoms with Gasteiger partial charge in [0.25, 0.3) is 0 Å². The summed E-state index contributed by atoms with van der Waals surface area (Å²) in [5.41, 5.74) is 3.80. The molecule has 0 bridgehead atoms. The molecular weight excluding hydrogens is 388 g/mol. The van der Waals surface area contributed by atoms with Gasteiger partial charge in [0.15, 0.2) is 0 Å². The molecule has 1 saturated heterocycles. The number of carbonyl (C=O) groups excluding carboxylic acids is 1. The summed E-state index contributed by atoms with van der Waals surface area (Å²) in [6.07, 6.45) is 4.33. The Bertz CT molecular complexity index is 990. The number of ether oxygens (including phenoxy) is 1. The van der Waals surface area contributed by atoms with Gasteiger partial charge in [-0.3, -0.25) is 10.00 Å². The fourth-order valence-electron chi connectivity index (χ4n) is 3.58. The number of aromatic nitrogens is 2. The van der Waals surface area contributed by atoms with Gasteiger partial charge in [0.1, 0.15) is 5.75 Å². The summed E-state index contributed by atoms with van der Waals surface area (Å²) in [6.45, 7) is 4.48. The van der Waals surface area contributed by atoms with Gasteiger partial charge in [0.2, 0.25) is 0 Å². The van der Waals surface area contributed by atoms with Gasteiger partial charge in [-0.1, -0.05) is 29.8 Å². The highest BCUT2D eigenvalue weighted by Gasteiger charge is 2.30. The smallest absolute Gasteiger partial charge is 0.324 e. The number of nitrogens with zero attached hydrogens (tertiary/aromatic N) is 3. The van der Waals surface area contributed by atoms with E-state index >= 15 is 0 Å². The van der Waals surface area contributed by atoms with Crippen LogP contribution >= 0.6 is 11.6 Å². The number of aromatic amines is 1. The van der Waals surface area contributed by atoms with Crippen LogP contribution in [0, 0.1) is 0 Å². The number of benzene rings is 2. The maximum Gasteiger partial charge on any atom is 0.324 e. The maximum absolute atomic E-state index is 13.0. The maximum atomic E-state index is 13.0. The Hall–Kier alpha value is -2.99. The van der Waals surface area contributed by atoms with E-state index in [2.05, 4.69) is 10.2 Å². The number of hydrogen-bond acceptors (Lipinski definition) is 3. The van der Waals surface area contributed by atoms with E-state index in [9.17, 15) is 4.79 Å². The number of carbonyl (C=O) groups is 1. The van der Waals surface area contributed by atoms with Gasteiger partial charge in [0, 0.05) is 53.7 Å². The lowest BCUT2D eigenvalue weighted by Crippen LogP contribution is -2.33. The van der Waals surface area contributed by atoms with E-state index in [1.165, 1.54) is 0 Å². The van der Waals surface area contributed by atoms with Crippen molar-refractivity contribution in [3.63, 3.8) is 0 Å². The standard InChI is InChI=1S/C22H23ClN4O2/c1-2-29-21-13-18(7-8-19(21)17-14-24-25-15-17)27-12-11-26(22(27)28)10-9-16-5-3-4-6-20(16)23/h3-8,13-15H,2,9-12H2,1H3,(H,24,25). The van der Waals surface area contributed by atoms with Crippen molar-refractivity contribution in [2.24, 2.45) is 0 Å². The molecule has 6 nitrogen and oxygen atoms in total. The predicted molar refractivity (Wildman–Crippen MR) is 115 cm³/mol. The molecule has 4 rings (SSSR count). The molecule has 0 atom stereocenters. The van der Waals surface area contributed by atoms with E-state index < -0.39 is 0 Å². The average molecular weight is 411 g/mol. The highest BCUT2D eigenvalue weighted by Crippen LogP contribution is 2.34. The summed E-state index contributed by atoms with van der Waals surface area (Å²) >= 11 is 6.24. The minimum Gasteiger partial charge on any atom is -0.493 e. The molecule has 2 heterocycles. The summed E-state index contributed by atoms with van der Waals surface area (Å²) in [6, 6.07) is 13.6. The van der Waals surface area contributed by atoms with Crippen LogP contribution in [0.3, 0.4) is 0 Å². The number of urea groups is 1. The molecule has 0 spiro atoms. The lowest BCUT2D eigenvalue weighted by molar-refractivity contribution is 0.221. The monoisotopic (exact) mass is 410 g/mol. The third-order valence-corrected chi connectivity index (χ3v) is 5.46. The second kappa shape index (κ2) is 8.57. The Morgan fingerprint density at radius 2 is 2.07 bits per heavy atom. The van der Waals surface area contributed by atoms with Crippen LogP contribution in [0.5, 0.6) is 5.75 Å². The van der Waals surface area contributed by atoms with Crippen LogP contribution in [0.1, 0.15) is 12.5 Å². The van der Waals surface area contributed by atoms with Crippen LogP contribution in [-0.2, 0) is 6.42 Å². The molecule has 150 valence electrons. The first-order valence-electron chi connectivity index (χ1n) is 9.73. The van der Waals surface area contributed by atoms with Crippen LogP contribution < -0.4 is 9.64 Å². The van der Waals surface area contributed by atoms with E-state index in [1.54, 1.807) is 11.1 Å². The molecule has 2 aromatic carbocycles. The Labute approximate surface area is 175 Å². The SMILES string of the molecule is CCOc1cc(N2CCN(CCc3ccccc3Cl)C2=O)ccc1-c1cn[nH]c1. The molecule has 0 radical (unpaired) electrons. The van der Waals surface area contributed by atoms with Gasteiger partial charge in [0.05, 0.1) is 12.8 Å². The first-order valence-corrected chi connectivity index (χ1v) is 10.1. The van der Waals surface area contributed by atoms with Crippen molar-refractivity contribution in [3.05, 3.63) is 65.4 Å². The minimum absolute atomic E-state index is 0.00978. The molecule has 1 aliphatic rings. The van der Waals surface area contributed by atoms with Gasteiger partial charge in [-0.15, -0.1) is 0 Å². The van der Waals surface area contributed by atoms with Crippen molar-refractivity contribution in [2.45, 2.75) is 13.3 Å². The number of anilines is 1. The Morgan fingerprint density at radius 3 is 2.83 bits per heavy atom. The largest absolute Gasteiger partial charge is 0.493 e. The second-order valence-electron chi connectivity index (χ2n) is 6.86. The van der Waals surface area contributed by atoms with Crippen molar-refractivity contribution in [2.75, 3.05) is 31.1 Å². The topological polar surface area (TPSA) is 61.5 Å². The Kier molecular flexibility index (Phi) is 5.71. The van der Waals surface area contributed by atoms with Gasteiger partial charge in [-0.05, 0) is 37.1 Å². The number of rotatable bonds is 7. The van der Waals surface area contributed by atoms with E-state index in [0.717, 1.165) is 39.6 Å². The van der Waals surface area contributed by atoms with Gasteiger partial charge in [-0.2, -0.15) is 5.10 Å². The molecule has 0 saturated carbocycles. The zero-order chi connectivity index (χ0) is 20.2. The van der Waals surface area contributed by atoms with Crippen LogP contribution in [0.4, 0.5) is 10.5 Å². The predicted octanol–water partition coefficient (Wildman–Crippen LogP) is 4.61. The van der Waals surface area contributed by atoms with Crippen LogP contribution in [0.25, 0.3) is 11.1 Å². The van der Waals surface area contributed by atoms with Crippen molar-refractivity contribution >= 4 is 23.3 Å². The highest BCUT2D eigenvalue weighted by atomic mass is 35.5. The van der Waals surface area contributed by atoms with E-state index in [0.29, 0.717) is 26.2 Å². The van der Waals surface area contributed by atoms with Crippen LogP contribution in [-0.4, -0.2) is 47.4 Å². The van der Waals surface area contributed by atoms with Gasteiger partial charge < -0.3 is 9.64 Å². The highest BCUT2D eigenvalue weighted by molar-refractivity contribution is 6.31. The molecule has 3 aromatic rings. The molecule has 1 N–H and O–H groups in total. The quantitative estimate of drug-likeness (QED) is 0.618. The van der Waals surface area contributed by atoms with Gasteiger partial charge in [-0.25, -0.2) is 4.79 Å². The third kappa shape index (κ3) is 4.07. The van der Waals surface area contributed by atoms with Crippen molar-refractivity contribution in [1.82, 2.24) is 15.1 Å². The summed E-state index contributed by atoms with van der Waals surface area (Å²) in [5, 5.41) is 7.58. The molecule has 1 aromatic heterocycles.